The number of ether oxygens (including phenoxy) is 1. The Morgan fingerprint density at radius 1 is 1.33 bits per heavy atom. The molecule has 0 radical (unpaired) electrons. The molecule has 9 nitrogen and oxygen atoms in total. The average molecular weight is 391 g/mol. The van der Waals surface area contributed by atoms with E-state index in [0.29, 0.717) is 36.2 Å². The number of nitro benzene ring substituents is 1. The van der Waals surface area contributed by atoms with E-state index in [0.717, 1.165) is 17.7 Å². The molecule has 1 aromatic rings. The van der Waals surface area contributed by atoms with Crippen molar-refractivity contribution in [3.63, 3.8) is 0 Å². The van der Waals surface area contributed by atoms with Crippen LogP contribution < -0.4 is 4.74 Å². The first-order chi connectivity index (χ1) is 12.9. The van der Waals surface area contributed by atoms with Crippen LogP contribution in [0, 0.1) is 10.1 Å². The number of imide groups is 1. The molecular formula is C17H17N3O6S. The lowest BCUT2D eigenvalue weighted by Gasteiger charge is -2.18. The molecule has 10 heteroatoms. The summed E-state index contributed by atoms with van der Waals surface area (Å²) in [7, 11) is 1.40. The SMILES string of the molecule is COc1ccc([N+](=O)[O-])cc1/C=C1/SC(=O)N(CC(=O)N2CCCC2)C1=O. The number of carbonyl (C=O) groups is 3. The zero-order valence-electron chi connectivity index (χ0n) is 14.5. The number of nitro groups is 1. The first kappa shape index (κ1) is 18.9. The highest BCUT2D eigenvalue weighted by atomic mass is 32.2. The molecule has 2 saturated heterocycles. The second kappa shape index (κ2) is 7.78. The lowest BCUT2D eigenvalue weighted by atomic mass is 10.1. The van der Waals surface area contributed by atoms with Crippen molar-refractivity contribution in [2.75, 3.05) is 26.7 Å². The van der Waals surface area contributed by atoms with Crippen LogP contribution in [0.15, 0.2) is 23.1 Å². The Bertz CT molecular complexity index is 847. The van der Waals surface area contributed by atoms with Gasteiger partial charge in [-0.3, -0.25) is 29.4 Å². The third-order valence-corrected chi connectivity index (χ3v) is 5.24. The van der Waals surface area contributed by atoms with Gasteiger partial charge in [0.05, 0.1) is 16.9 Å². The van der Waals surface area contributed by atoms with Crippen LogP contribution in [0.3, 0.4) is 0 Å². The van der Waals surface area contributed by atoms with E-state index in [9.17, 15) is 24.5 Å². The molecule has 0 spiro atoms. The van der Waals surface area contributed by atoms with Crippen LogP contribution in [0.25, 0.3) is 6.08 Å². The maximum absolute atomic E-state index is 12.6. The molecule has 0 saturated carbocycles. The predicted octanol–water partition coefficient (Wildman–Crippen LogP) is 2.26. The van der Waals surface area contributed by atoms with Crippen molar-refractivity contribution in [1.29, 1.82) is 0 Å². The Hall–Kier alpha value is -2.88. The normalized spacial score (nSPS) is 18.5. The van der Waals surface area contributed by atoms with Crippen LogP contribution in [0.4, 0.5) is 10.5 Å². The number of non-ortho nitro benzene ring substituents is 1. The Labute approximate surface area is 159 Å². The van der Waals surface area contributed by atoms with Gasteiger partial charge in [0.2, 0.25) is 5.91 Å². The topological polar surface area (TPSA) is 110 Å². The Balaban J connectivity index is 1.82. The summed E-state index contributed by atoms with van der Waals surface area (Å²) < 4.78 is 5.16. The number of methoxy groups -OCH3 is 1. The van der Waals surface area contributed by atoms with Crippen molar-refractivity contribution in [3.8, 4) is 5.75 Å². The number of amides is 3. The van der Waals surface area contributed by atoms with Crippen LogP contribution >= 0.6 is 11.8 Å². The van der Waals surface area contributed by atoms with Crippen LogP contribution in [-0.4, -0.2) is 58.5 Å². The van der Waals surface area contributed by atoms with E-state index in [1.807, 2.05) is 0 Å². The van der Waals surface area contributed by atoms with Crippen molar-refractivity contribution in [2.45, 2.75) is 12.8 Å². The number of rotatable bonds is 5. The van der Waals surface area contributed by atoms with Gasteiger partial charge in [0.1, 0.15) is 12.3 Å². The van der Waals surface area contributed by atoms with Gasteiger partial charge in [0, 0.05) is 30.8 Å². The largest absolute Gasteiger partial charge is 0.496 e. The molecule has 0 unspecified atom stereocenters. The van der Waals surface area contributed by atoms with Crippen molar-refractivity contribution in [1.82, 2.24) is 9.80 Å². The van der Waals surface area contributed by atoms with E-state index in [4.69, 9.17) is 4.74 Å². The summed E-state index contributed by atoms with van der Waals surface area (Å²) in [5.74, 6) is -0.518. The van der Waals surface area contributed by atoms with Gasteiger partial charge in [-0.05, 0) is 36.7 Å². The maximum Gasteiger partial charge on any atom is 0.294 e. The van der Waals surface area contributed by atoms with Crippen molar-refractivity contribution in [2.24, 2.45) is 0 Å². The summed E-state index contributed by atoms with van der Waals surface area (Å²) >= 11 is 0.697. The quantitative estimate of drug-likeness (QED) is 0.430. The fourth-order valence-corrected chi connectivity index (χ4v) is 3.76. The number of hydrogen-bond acceptors (Lipinski definition) is 7. The first-order valence-electron chi connectivity index (χ1n) is 8.26. The molecule has 2 aliphatic rings. The Morgan fingerprint density at radius 2 is 2.04 bits per heavy atom. The molecule has 2 aliphatic heterocycles. The summed E-state index contributed by atoms with van der Waals surface area (Å²) in [6.45, 7) is 0.972. The van der Waals surface area contributed by atoms with Crippen molar-refractivity contribution in [3.05, 3.63) is 38.8 Å². The lowest BCUT2D eigenvalue weighted by Crippen LogP contribution is -2.40. The summed E-state index contributed by atoms with van der Waals surface area (Å²) in [6, 6.07) is 3.98. The minimum Gasteiger partial charge on any atom is -0.496 e. The standard InChI is InChI=1S/C17H17N3O6S/c1-26-13-5-4-12(20(24)25)8-11(13)9-14-16(22)19(17(23)27-14)10-15(21)18-6-2-3-7-18/h4-5,8-9H,2-3,6-7,10H2,1H3/b14-9+. The predicted molar refractivity (Wildman–Crippen MR) is 98.1 cm³/mol. The molecule has 3 rings (SSSR count). The van der Waals surface area contributed by atoms with Gasteiger partial charge in [-0.15, -0.1) is 0 Å². The summed E-state index contributed by atoms with van der Waals surface area (Å²) in [5, 5.41) is 10.4. The smallest absolute Gasteiger partial charge is 0.294 e. The minimum absolute atomic E-state index is 0.0908. The zero-order valence-corrected chi connectivity index (χ0v) is 15.4. The van der Waals surface area contributed by atoms with Crippen LogP contribution in [-0.2, 0) is 9.59 Å². The monoisotopic (exact) mass is 391 g/mol. The number of likely N-dealkylation sites (tertiary alicyclic amines) is 1. The molecule has 27 heavy (non-hydrogen) atoms. The highest BCUT2D eigenvalue weighted by Crippen LogP contribution is 2.35. The first-order valence-corrected chi connectivity index (χ1v) is 9.08. The molecule has 0 N–H and O–H groups in total. The van der Waals surface area contributed by atoms with Gasteiger partial charge in [-0.2, -0.15) is 0 Å². The number of nitrogens with zero attached hydrogens (tertiary/aromatic N) is 3. The number of carbonyl (C=O) groups excluding carboxylic acids is 3. The Kier molecular flexibility index (Phi) is 5.45. The molecule has 142 valence electrons. The third-order valence-electron chi connectivity index (χ3n) is 4.34. The maximum atomic E-state index is 12.6. The van der Waals surface area contributed by atoms with Gasteiger partial charge in [-0.1, -0.05) is 0 Å². The van der Waals surface area contributed by atoms with Crippen LogP contribution in [0.1, 0.15) is 18.4 Å². The highest BCUT2D eigenvalue weighted by Gasteiger charge is 2.37. The fraction of sp³-hybridized carbons (Fsp3) is 0.353. The summed E-state index contributed by atoms with van der Waals surface area (Å²) in [4.78, 5) is 50.0. The molecule has 1 aromatic carbocycles. The minimum atomic E-state index is -0.592. The fourth-order valence-electron chi connectivity index (χ4n) is 2.93. The summed E-state index contributed by atoms with van der Waals surface area (Å²) in [6.07, 6.45) is 3.21. The number of hydrogen-bond donors (Lipinski definition) is 0. The molecular weight excluding hydrogens is 374 g/mol. The van der Waals surface area contributed by atoms with Gasteiger partial charge in [-0.25, -0.2) is 0 Å². The van der Waals surface area contributed by atoms with E-state index in [2.05, 4.69) is 0 Å². The molecule has 0 atom stereocenters. The van der Waals surface area contributed by atoms with Gasteiger partial charge in [0.25, 0.3) is 16.8 Å². The van der Waals surface area contributed by atoms with E-state index in [-0.39, 0.29) is 23.0 Å². The van der Waals surface area contributed by atoms with Gasteiger partial charge in [0.15, 0.2) is 0 Å². The van der Waals surface area contributed by atoms with Gasteiger partial charge >= 0.3 is 0 Å². The lowest BCUT2D eigenvalue weighted by molar-refractivity contribution is -0.384. The van der Waals surface area contributed by atoms with Crippen LogP contribution in [0.5, 0.6) is 5.75 Å². The van der Waals surface area contributed by atoms with E-state index >= 15 is 0 Å². The van der Waals surface area contributed by atoms with E-state index in [1.54, 1.807) is 4.90 Å². The van der Waals surface area contributed by atoms with E-state index < -0.39 is 16.1 Å². The van der Waals surface area contributed by atoms with Crippen LogP contribution in [0.2, 0.25) is 0 Å². The molecule has 2 fully saturated rings. The molecule has 0 bridgehead atoms. The molecule has 0 aliphatic carbocycles. The van der Waals surface area contributed by atoms with Gasteiger partial charge < -0.3 is 9.64 Å². The third kappa shape index (κ3) is 3.95. The Morgan fingerprint density at radius 3 is 2.67 bits per heavy atom. The number of thioether (sulfide) groups is 1. The molecule has 2 heterocycles. The summed E-state index contributed by atoms with van der Waals surface area (Å²) in [5.41, 5.74) is 0.147. The second-order valence-electron chi connectivity index (χ2n) is 6.04. The van der Waals surface area contributed by atoms with E-state index in [1.165, 1.54) is 31.4 Å². The average Bonchev–Trinajstić information content (AvgIpc) is 3.26. The highest BCUT2D eigenvalue weighted by molar-refractivity contribution is 8.18. The van der Waals surface area contributed by atoms with Crippen molar-refractivity contribution >= 4 is 40.6 Å². The molecule has 3 amide bonds. The zero-order chi connectivity index (χ0) is 19.6. The van der Waals surface area contributed by atoms with Crippen molar-refractivity contribution < 1.29 is 24.0 Å². The second-order valence-corrected chi connectivity index (χ2v) is 7.03. The molecule has 0 aromatic heterocycles. The number of benzene rings is 1.